The molecule has 0 saturated carbocycles. The van der Waals surface area contributed by atoms with Gasteiger partial charge in [0.15, 0.2) is 0 Å². The van der Waals surface area contributed by atoms with E-state index in [0.29, 0.717) is 10.6 Å². The number of carbonyl (C=O) groups is 1. The lowest BCUT2D eigenvalue weighted by Gasteiger charge is -2.29. The summed E-state index contributed by atoms with van der Waals surface area (Å²) in [7, 11) is 2.03. The summed E-state index contributed by atoms with van der Waals surface area (Å²) < 4.78 is 6.32. The van der Waals surface area contributed by atoms with Crippen LogP contribution in [0, 0.1) is 0 Å². The van der Waals surface area contributed by atoms with E-state index in [0.717, 1.165) is 30.4 Å². The topological polar surface area (TPSA) is 29.5 Å². The van der Waals surface area contributed by atoms with Crippen molar-refractivity contribution in [3.8, 4) is 0 Å². The maximum atomic E-state index is 12.0. The fourth-order valence-electron chi connectivity index (χ4n) is 2.08. The van der Waals surface area contributed by atoms with Crippen LogP contribution in [0.4, 0.5) is 0 Å². The van der Waals surface area contributed by atoms with Crippen molar-refractivity contribution >= 4 is 33.5 Å². The van der Waals surface area contributed by atoms with Crippen LogP contribution in [-0.4, -0.2) is 37.1 Å². The molecule has 5 heteroatoms. The second-order valence-electron chi connectivity index (χ2n) is 4.56. The van der Waals surface area contributed by atoms with Gasteiger partial charge in [0, 0.05) is 11.0 Å². The van der Waals surface area contributed by atoms with Gasteiger partial charge in [0.1, 0.15) is 6.10 Å². The van der Waals surface area contributed by atoms with E-state index in [1.54, 1.807) is 18.2 Å². The van der Waals surface area contributed by atoms with Crippen molar-refractivity contribution < 1.29 is 9.53 Å². The first-order chi connectivity index (χ1) is 8.56. The number of hydrogen-bond acceptors (Lipinski definition) is 3. The van der Waals surface area contributed by atoms with E-state index in [1.165, 1.54) is 0 Å². The fourth-order valence-corrected chi connectivity index (χ4v) is 2.64. The Morgan fingerprint density at radius 1 is 1.56 bits per heavy atom. The monoisotopic (exact) mass is 331 g/mol. The number of likely N-dealkylation sites (tertiary alicyclic amines) is 1. The molecule has 3 nitrogen and oxygen atoms in total. The van der Waals surface area contributed by atoms with Crippen LogP contribution in [0.25, 0.3) is 0 Å². The van der Waals surface area contributed by atoms with Gasteiger partial charge in [0.2, 0.25) is 0 Å². The Morgan fingerprint density at radius 3 is 3.06 bits per heavy atom. The molecule has 0 spiro atoms. The molecule has 1 heterocycles. The lowest BCUT2D eigenvalue weighted by atomic mass is 10.1. The first-order valence-corrected chi connectivity index (χ1v) is 7.08. The van der Waals surface area contributed by atoms with Crippen LogP contribution in [-0.2, 0) is 4.74 Å². The molecule has 0 aliphatic carbocycles. The third-order valence-electron chi connectivity index (χ3n) is 3.00. The van der Waals surface area contributed by atoms with Crippen molar-refractivity contribution in [2.75, 3.05) is 20.1 Å². The Kier molecular flexibility index (Phi) is 4.65. The number of likely N-dealkylation sites (N-methyl/N-ethyl adjacent to an activating group) is 1. The number of carbonyl (C=O) groups excluding carboxylic acids is 1. The lowest BCUT2D eigenvalue weighted by Crippen LogP contribution is -2.38. The molecule has 2 rings (SSSR count). The zero-order valence-corrected chi connectivity index (χ0v) is 12.5. The van der Waals surface area contributed by atoms with Crippen molar-refractivity contribution in [1.82, 2.24) is 4.90 Å². The molecule has 1 aliphatic rings. The smallest absolute Gasteiger partial charge is 0.340 e. The number of hydrogen-bond donors (Lipinski definition) is 0. The number of benzene rings is 1. The van der Waals surface area contributed by atoms with E-state index in [1.807, 2.05) is 7.05 Å². The van der Waals surface area contributed by atoms with E-state index in [-0.39, 0.29) is 12.1 Å². The largest absolute Gasteiger partial charge is 0.457 e. The standard InChI is InChI=1S/C13H15BrClNO2/c1-16-6-2-3-10(8-16)18-13(17)11-7-9(14)4-5-12(11)15/h4-5,7,10H,2-3,6,8H2,1H3/t10-/m1/s1. The molecule has 1 atom stereocenters. The number of piperidine rings is 1. The van der Waals surface area contributed by atoms with E-state index in [2.05, 4.69) is 20.8 Å². The average molecular weight is 333 g/mol. The lowest BCUT2D eigenvalue weighted by molar-refractivity contribution is 0.0109. The minimum Gasteiger partial charge on any atom is -0.457 e. The predicted molar refractivity (Wildman–Crippen MR) is 75.1 cm³/mol. The maximum absolute atomic E-state index is 12.0. The molecule has 1 aromatic carbocycles. The highest BCUT2D eigenvalue weighted by atomic mass is 79.9. The van der Waals surface area contributed by atoms with E-state index in [4.69, 9.17) is 16.3 Å². The maximum Gasteiger partial charge on any atom is 0.340 e. The Balaban J connectivity index is 2.05. The van der Waals surface area contributed by atoms with Crippen molar-refractivity contribution in [1.29, 1.82) is 0 Å². The molecule has 1 aromatic rings. The number of halogens is 2. The molecular formula is C13H15BrClNO2. The highest BCUT2D eigenvalue weighted by molar-refractivity contribution is 9.10. The van der Waals surface area contributed by atoms with E-state index >= 15 is 0 Å². The van der Waals surface area contributed by atoms with Crippen LogP contribution in [0.1, 0.15) is 23.2 Å². The van der Waals surface area contributed by atoms with Crippen molar-refractivity contribution in [2.45, 2.75) is 18.9 Å². The summed E-state index contributed by atoms with van der Waals surface area (Å²) in [6.45, 7) is 1.85. The molecular weight excluding hydrogens is 318 g/mol. The minimum atomic E-state index is -0.346. The molecule has 0 unspecified atom stereocenters. The quantitative estimate of drug-likeness (QED) is 0.778. The molecule has 0 radical (unpaired) electrons. The number of esters is 1. The second-order valence-corrected chi connectivity index (χ2v) is 5.88. The number of rotatable bonds is 2. The average Bonchev–Trinajstić information content (AvgIpc) is 2.32. The van der Waals surface area contributed by atoms with Crippen molar-refractivity contribution in [3.63, 3.8) is 0 Å². The summed E-state index contributed by atoms with van der Waals surface area (Å²) >= 11 is 9.33. The van der Waals surface area contributed by atoms with Gasteiger partial charge >= 0.3 is 5.97 Å². The summed E-state index contributed by atoms with van der Waals surface area (Å²) in [5, 5.41) is 0.423. The van der Waals surface area contributed by atoms with Crippen LogP contribution < -0.4 is 0 Å². The highest BCUT2D eigenvalue weighted by Crippen LogP contribution is 2.23. The highest BCUT2D eigenvalue weighted by Gasteiger charge is 2.22. The first kappa shape index (κ1) is 13.8. The Labute approximate surface area is 120 Å². The van der Waals surface area contributed by atoms with E-state index in [9.17, 15) is 4.79 Å². The third-order valence-corrected chi connectivity index (χ3v) is 3.83. The predicted octanol–water partition coefficient (Wildman–Crippen LogP) is 3.35. The molecule has 18 heavy (non-hydrogen) atoms. The van der Waals surface area contributed by atoms with Gasteiger partial charge in [-0.1, -0.05) is 27.5 Å². The molecule has 0 bridgehead atoms. The van der Waals surface area contributed by atoms with Gasteiger partial charge in [0.05, 0.1) is 10.6 Å². The SMILES string of the molecule is CN1CCC[C@@H](OC(=O)c2cc(Br)ccc2Cl)C1. The first-order valence-electron chi connectivity index (χ1n) is 5.91. The molecule has 0 N–H and O–H groups in total. The van der Waals surface area contributed by atoms with Gasteiger partial charge in [-0.25, -0.2) is 4.79 Å². The molecule has 1 saturated heterocycles. The summed E-state index contributed by atoms with van der Waals surface area (Å²) in [4.78, 5) is 14.2. The van der Waals surface area contributed by atoms with Crippen LogP contribution in [0.3, 0.4) is 0 Å². The van der Waals surface area contributed by atoms with Crippen LogP contribution in [0.2, 0.25) is 5.02 Å². The molecule has 0 amide bonds. The molecule has 1 fully saturated rings. The number of ether oxygens (including phenoxy) is 1. The summed E-state index contributed by atoms with van der Waals surface area (Å²) in [6, 6.07) is 5.18. The van der Waals surface area contributed by atoms with Crippen molar-refractivity contribution in [2.24, 2.45) is 0 Å². The fraction of sp³-hybridized carbons (Fsp3) is 0.462. The zero-order chi connectivity index (χ0) is 13.1. The molecule has 0 aromatic heterocycles. The summed E-state index contributed by atoms with van der Waals surface area (Å²) in [5.74, 6) is -0.346. The molecule has 98 valence electrons. The zero-order valence-electron chi connectivity index (χ0n) is 10.2. The number of nitrogens with zero attached hydrogens (tertiary/aromatic N) is 1. The van der Waals surface area contributed by atoms with Gasteiger partial charge in [0.25, 0.3) is 0 Å². The summed E-state index contributed by atoms with van der Waals surface area (Å²) in [5.41, 5.74) is 0.416. The minimum absolute atomic E-state index is 0.0358. The Morgan fingerprint density at radius 2 is 2.33 bits per heavy atom. The normalized spacial score (nSPS) is 20.7. The van der Waals surface area contributed by atoms with Gasteiger partial charge in [-0.3, -0.25) is 0 Å². The second kappa shape index (κ2) is 6.04. The van der Waals surface area contributed by atoms with Gasteiger partial charge in [-0.05, 0) is 44.6 Å². The van der Waals surface area contributed by atoms with E-state index < -0.39 is 0 Å². The third kappa shape index (κ3) is 3.46. The van der Waals surface area contributed by atoms with Gasteiger partial charge in [-0.15, -0.1) is 0 Å². The van der Waals surface area contributed by atoms with Crippen LogP contribution in [0.5, 0.6) is 0 Å². The van der Waals surface area contributed by atoms with Gasteiger partial charge < -0.3 is 9.64 Å². The Bertz CT molecular complexity index is 453. The van der Waals surface area contributed by atoms with Crippen LogP contribution >= 0.6 is 27.5 Å². The van der Waals surface area contributed by atoms with Gasteiger partial charge in [-0.2, -0.15) is 0 Å². The summed E-state index contributed by atoms with van der Waals surface area (Å²) in [6.07, 6.45) is 1.94. The van der Waals surface area contributed by atoms with Crippen molar-refractivity contribution in [3.05, 3.63) is 33.3 Å². The Hall–Kier alpha value is -0.580. The van der Waals surface area contributed by atoms with Crippen LogP contribution in [0.15, 0.2) is 22.7 Å². The molecule has 1 aliphatic heterocycles.